The van der Waals surface area contributed by atoms with Crippen LogP contribution in [0.15, 0.2) is 59.5 Å². The Bertz CT molecular complexity index is 970. The van der Waals surface area contributed by atoms with Crippen molar-refractivity contribution in [2.24, 2.45) is 0 Å². The molecule has 2 aromatic carbocycles. The lowest BCUT2D eigenvalue weighted by molar-refractivity contribution is 0.414. The van der Waals surface area contributed by atoms with Crippen molar-refractivity contribution in [3.8, 4) is 5.75 Å². The molecule has 7 heteroatoms. The molecular formula is C23H27N5OS. The number of anilines is 3. The van der Waals surface area contributed by atoms with E-state index in [1.165, 1.54) is 10.5 Å². The summed E-state index contributed by atoms with van der Waals surface area (Å²) in [5.74, 6) is 2.51. The van der Waals surface area contributed by atoms with Gasteiger partial charge in [0.1, 0.15) is 11.6 Å². The van der Waals surface area contributed by atoms with Gasteiger partial charge in [0.15, 0.2) is 0 Å². The molecule has 30 heavy (non-hydrogen) atoms. The summed E-state index contributed by atoms with van der Waals surface area (Å²) in [5, 5.41) is 3.33. The van der Waals surface area contributed by atoms with Crippen LogP contribution in [0.2, 0.25) is 0 Å². The van der Waals surface area contributed by atoms with Crippen molar-refractivity contribution in [1.82, 2.24) is 14.3 Å². The number of ether oxygens (including phenoxy) is 1. The Morgan fingerprint density at radius 1 is 0.900 bits per heavy atom. The Labute approximate surface area is 182 Å². The SMILES string of the molecule is COc1ccc(SN2CCN(c3cc(C)nc(Nc4ccc(C)cc4)n3)CC2)cc1. The summed E-state index contributed by atoms with van der Waals surface area (Å²) in [7, 11) is 1.69. The minimum absolute atomic E-state index is 0.642. The van der Waals surface area contributed by atoms with E-state index in [4.69, 9.17) is 9.72 Å². The fourth-order valence-electron chi connectivity index (χ4n) is 3.33. The predicted octanol–water partition coefficient (Wildman–Crippen LogP) is 4.67. The first-order valence-corrected chi connectivity index (χ1v) is 10.9. The molecule has 1 aliphatic heterocycles. The zero-order chi connectivity index (χ0) is 20.9. The lowest BCUT2D eigenvalue weighted by atomic mass is 10.2. The smallest absolute Gasteiger partial charge is 0.229 e. The third-order valence-electron chi connectivity index (χ3n) is 5.00. The van der Waals surface area contributed by atoms with Gasteiger partial charge in [-0.1, -0.05) is 17.7 Å². The Kier molecular flexibility index (Phi) is 6.40. The Morgan fingerprint density at radius 3 is 2.27 bits per heavy atom. The van der Waals surface area contributed by atoms with Crippen molar-refractivity contribution in [1.29, 1.82) is 0 Å². The number of piperazine rings is 1. The van der Waals surface area contributed by atoms with E-state index in [1.807, 2.05) is 19.1 Å². The van der Waals surface area contributed by atoms with E-state index in [0.29, 0.717) is 5.95 Å². The number of nitrogens with zero attached hydrogens (tertiary/aromatic N) is 4. The van der Waals surface area contributed by atoms with Crippen LogP contribution < -0.4 is 15.0 Å². The van der Waals surface area contributed by atoms with Gasteiger partial charge in [-0.3, -0.25) is 0 Å². The molecule has 1 N–H and O–H groups in total. The molecule has 0 atom stereocenters. The van der Waals surface area contributed by atoms with Crippen LogP contribution in [0.1, 0.15) is 11.3 Å². The molecule has 1 aromatic heterocycles. The predicted molar refractivity (Wildman–Crippen MR) is 124 cm³/mol. The van der Waals surface area contributed by atoms with Crippen LogP contribution in [0.3, 0.4) is 0 Å². The summed E-state index contributed by atoms with van der Waals surface area (Å²) < 4.78 is 7.64. The van der Waals surface area contributed by atoms with Gasteiger partial charge in [0.25, 0.3) is 0 Å². The van der Waals surface area contributed by atoms with Gasteiger partial charge < -0.3 is 15.0 Å². The number of benzene rings is 2. The van der Waals surface area contributed by atoms with Gasteiger partial charge in [-0.05, 0) is 62.2 Å². The second kappa shape index (κ2) is 9.36. The molecule has 2 heterocycles. The van der Waals surface area contributed by atoms with E-state index in [0.717, 1.165) is 49.1 Å². The molecule has 156 valence electrons. The molecule has 0 saturated carbocycles. The lowest BCUT2D eigenvalue weighted by Gasteiger charge is -2.34. The normalized spacial score (nSPS) is 14.6. The molecule has 0 unspecified atom stereocenters. The molecule has 4 rings (SSSR count). The highest BCUT2D eigenvalue weighted by atomic mass is 32.2. The van der Waals surface area contributed by atoms with Crippen LogP contribution in [0.5, 0.6) is 5.75 Å². The van der Waals surface area contributed by atoms with Crippen molar-refractivity contribution in [2.75, 3.05) is 43.5 Å². The molecule has 3 aromatic rings. The van der Waals surface area contributed by atoms with Crippen LogP contribution in [0, 0.1) is 13.8 Å². The average Bonchev–Trinajstić information content (AvgIpc) is 2.76. The Hall–Kier alpha value is -2.77. The summed E-state index contributed by atoms with van der Waals surface area (Å²) in [4.78, 5) is 12.9. The van der Waals surface area contributed by atoms with E-state index in [9.17, 15) is 0 Å². The zero-order valence-electron chi connectivity index (χ0n) is 17.6. The quantitative estimate of drug-likeness (QED) is 0.580. The maximum Gasteiger partial charge on any atom is 0.229 e. The van der Waals surface area contributed by atoms with Gasteiger partial charge in [0.05, 0.1) is 7.11 Å². The monoisotopic (exact) mass is 421 g/mol. The fourth-order valence-corrected chi connectivity index (χ4v) is 4.23. The van der Waals surface area contributed by atoms with Crippen molar-refractivity contribution in [2.45, 2.75) is 18.7 Å². The highest BCUT2D eigenvalue weighted by molar-refractivity contribution is 7.97. The molecule has 1 fully saturated rings. The third-order valence-corrected chi connectivity index (χ3v) is 6.11. The second-order valence-electron chi connectivity index (χ2n) is 7.37. The summed E-state index contributed by atoms with van der Waals surface area (Å²) in [6.45, 7) is 7.91. The number of methoxy groups -OCH3 is 1. The topological polar surface area (TPSA) is 53.5 Å². The largest absolute Gasteiger partial charge is 0.497 e. The summed E-state index contributed by atoms with van der Waals surface area (Å²) >= 11 is 1.80. The first kappa shape index (κ1) is 20.5. The highest BCUT2D eigenvalue weighted by Gasteiger charge is 2.20. The molecular weight excluding hydrogens is 394 g/mol. The number of nitrogens with one attached hydrogen (secondary N) is 1. The van der Waals surface area contributed by atoms with E-state index in [2.05, 4.69) is 68.9 Å². The number of rotatable bonds is 6. The Balaban J connectivity index is 1.37. The van der Waals surface area contributed by atoms with Gasteiger partial charge in [-0.2, -0.15) is 4.98 Å². The number of aromatic nitrogens is 2. The number of hydrogen-bond acceptors (Lipinski definition) is 7. The summed E-state index contributed by atoms with van der Waals surface area (Å²) in [6.07, 6.45) is 0. The standard InChI is InChI=1S/C23H27N5OS/c1-17-4-6-19(7-5-17)25-23-24-18(2)16-22(26-23)27-12-14-28(15-13-27)30-21-10-8-20(29-3)9-11-21/h4-11,16H,12-15H2,1-3H3,(H,24,25,26). The zero-order valence-corrected chi connectivity index (χ0v) is 18.4. The van der Waals surface area contributed by atoms with Gasteiger partial charge in [0.2, 0.25) is 5.95 Å². The number of aryl methyl sites for hydroxylation is 2. The molecule has 0 bridgehead atoms. The van der Waals surface area contributed by atoms with Crippen LogP contribution >= 0.6 is 11.9 Å². The van der Waals surface area contributed by atoms with E-state index < -0.39 is 0 Å². The molecule has 0 amide bonds. The van der Waals surface area contributed by atoms with Gasteiger partial charge in [0, 0.05) is 48.5 Å². The Morgan fingerprint density at radius 2 is 1.60 bits per heavy atom. The van der Waals surface area contributed by atoms with Crippen LogP contribution in [0.4, 0.5) is 17.5 Å². The van der Waals surface area contributed by atoms with Crippen LogP contribution in [0.25, 0.3) is 0 Å². The third kappa shape index (κ3) is 5.23. The molecule has 1 saturated heterocycles. The van der Waals surface area contributed by atoms with Crippen molar-refractivity contribution < 1.29 is 4.74 Å². The van der Waals surface area contributed by atoms with Crippen molar-refractivity contribution in [3.63, 3.8) is 0 Å². The van der Waals surface area contributed by atoms with E-state index in [1.54, 1.807) is 19.1 Å². The van der Waals surface area contributed by atoms with E-state index in [-0.39, 0.29) is 0 Å². The average molecular weight is 422 g/mol. The first-order valence-electron chi connectivity index (χ1n) is 10.1. The maximum atomic E-state index is 5.24. The molecule has 0 spiro atoms. The second-order valence-corrected chi connectivity index (χ2v) is 8.54. The van der Waals surface area contributed by atoms with E-state index >= 15 is 0 Å². The molecule has 0 aliphatic carbocycles. The minimum Gasteiger partial charge on any atom is -0.497 e. The van der Waals surface area contributed by atoms with Crippen LogP contribution in [-0.4, -0.2) is 47.6 Å². The first-order chi connectivity index (χ1) is 14.6. The molecule has 1 aliphatic rings. The number of hydrogen-bond donors (Lipinski definition) is 1. The maximum absolute atomic E-state index is 5.24. The minimum atomic E-state index is 0.642. The van der Waals surface area contributed by atoms with Gasteiger partial charge in [-0.25, -0.2) is 9.29 Å². The highest BCUT2D eigenvalue weighted by Crippen LogP contribution is 2.27. The van der Waals surface area contributed by atoms with Gasteiger partial charge >= 0.3 is 0 Å². The lowest BCUT2D eigenvalue weighted by Crippen LogP contribution is -2.43. The fraction of sp³-hybridized carbons (Fsp3) is 0.304. The molecule has 0 radical (unpaired) electrons. The summed E-state index contributed by atoms with van der Waals surface area (Å²) in [5.41, 5.74) is 3.19. The van der Waals surface area contributed by atoms with Crippen molar-refractivity contribution in [3.05, 3.63) is 65.9 Å². The van der Waals surface area contributed by atoms with Crippen molar-refractivity contribution >= 4 is 29.4 Å². The molecule has 6 nitrogen and oxygen atoms in total. The summed E-state index contributed by atoms with van der Waals surface area (Å²) in [6, 6.07) is 18.5. The van der Waals surface area contributed by atoms with Crippen LogP contribution in [-0.2, 0) is 0 Å². The van der Waals surface area contributed by atoms with Gasteiger partial charge in [-0.15, -0.1) is 0 Å².